The molecule has 0 amide bonds. The van der Waals surface area contributed by atoms with Crippen LogP contribution < -0.4 is 0 Å². The number of rotatable bonds is 2. The van der Waals surface area contributed by atoms with Gasteiger partial charge in [0.15, 0.2) is 0 Å². The smallest absolute Gasteiger partial charge is 0.396 e. The van der Waals surface area contributed by atoms with Crippen LogP contribution in [0.5, 0.6) is 0 Å². The number of fused-ring (bicyclic) bond motifs is 1. The highest BCUT2D eigenvalue weighted by Crippen LogP contribution is 2.24. The zero-order valence-corrected chi connectivity index (χ0v) is 9.32. The van der Waals surface area contributed by atoms with E-state index in [2.05, 4.69) is 4.98 Å². The molecule has 7 heteroatoms. The molecule has 0 spiro atoms. The first-order valence-corrected chi connectivity index (χ1v) is 5.03. The van der Waals surface area contributed by atoms with Crippen LogP contribution in [0.4, 0.5) is 13.2 Å². The maximum absolute atomic E-state index is 12.3. The summed E-state index contributed by atoms with van der Waals surface area (Å²) < 4.78 is 38.2. The quantitative estimate of drug-likeness (QED) is 0.899. The largest absolute Gasteiger partial charge is 0.478 e. The molecule has 4 nitrogen and oxygen atoms in total. The summed E-state index contributed by atoms with van der Waals surface area (Å²) in [5.41, 5.74) is 0.718. The number of benzene rings is 1. The molecule has 1 aromatic heterocycles. The Morgan fingerprint density at radius 1 is 1.44 bits per heavy atom. The van der Waals surface area contributed by atoms with Gasteiger partial charge in [0.05, 0.1) is 16.6 Å². The normalized spacial score (nSPS) is 12.0. The van der Waals surface area contributed by atoms with Crippen molar-refractivity contribution in [3.8, 4) is 0 Å². The molecule has 0 aliphatic rings. The molecular weight excluding hydrogens is 249 g/mol. The maximum atomic E-state index is 12.3. The second kappa shape index (κ2) is 4.01. The third-order valence-electron chi connectivity index (χ3n) is 2.58. The molecule has 0 bridgehead atoms. The molecule has 0 saturated heterocycles. The molecule has 0 radical (unpaired) electrons. The average Bonchev–Trinajstić information content (AvgIpc) is 2.53. The molecule has 96 valence electrons. The molecule has 18 heavy (non-hydrogen) atoms. The number of aryl methyl sites for hydroxylation is 1. The number of halogens is 3. The number of hydrogen-bond acceptors (Lipinski definition) is 2. The van der Waals surface area contributed by atoms with Gasteiger partial charge in [-0.15, -0.1) is 0 Å². The first-order chi connectivity index (χ1) is 8.28. The van der Waals surface area contributed by atoms with Gasteiger partial charge in [0.25, 0.3) is 0 Å². The molecular formula is C11H9F3N2O2. The fraction of sp³-hybridized carbons (Fsp3) is 0.273. The summed E-state index contributed by atoms with van der Waals surface area (Å²) in [7, 11) is 1.47. The van der Waals surface area contributed by atoms with E-state index in [1.54, 1.807) is 0 Å². The number of hydrogen-bond donors (Lipinski definition) is 1. The van der Waals surface area contributed by atoms with E-state index in [1.807, 2.05) is 0 Å². The van der Waals surface area contributed by atoms with Crippen LogP contribution in [0.2, 0.25) is 0 Å². The fourth-order valence-electron chi connectivity index (χ4n) is 1.72. The summed E-state index contributed by atoms with van der Waals surface area (Å²) in [6, 6.07) is 4.05. The van der Waals surface area contributed by atoms with E-state index in [4.69, 9.17) is 5.11 Å². The van der Waals surface area contributed by atoms with Gasteiger partial charge in [-0.3, -0.25) is 0 Å². The molecule has 1 aromatic carbocycles. The van der Waals surface area contributed by atoms with Gasteiger partial charge in [-0.1, -0.05) is 0 Å². The van der Waals surface area contributed by atoms with Crippen molar-refractivity contribution in [1.29, 1.82) is 0 Å². The Balaban J connectivity index is 2.52. The molecule has 0 unspecified atom stereocenters. The van der Waals surface area contributed by atoms with Crippen LogP contribution in [0.3, 0.4) is 0 Å². The van der Waals surface area contributed by atoms with Crippen LogP contribution in [-0.4, -0.2) is 26.8 Å². The van der Waals surface area contributed by atoms with Gasteiger partial charge in [0.2, 0.25) is 0 Å². The lowest BCUT2D eigenvalue weighted by molar-refractivity contribution is -0.128. The number of aromatic nitrogens is 2. The number of alkyl halides is 3. The van der Waals surface area contributed by atoms with Crippen molar-refractivity contribution in [3.05, 3.63) is 29.6 Å². The second-order valence-electron chi connectivity index (χ2n) is 3.89. The zero-order chi connectivity index (χ0) is 13.5. The molecule has 0 saturated carbocycles. The van der Waals surface area contributed by atoms with E-state index in [0.717, 1.165) is 0 Å². The summed E-state index contributed by atoms with van der Waals surface area (Å²) in [4.78, 5) is 14.6. The van der Waals surface area contributed by atoms with Gasteiger partial charge in [-0.2, -0.15) is 13.2 Å². The van der Waals surface area contributed by atoms with Crippen molar-refractivity contribution in [2.75, 3.05) is 0 Å². The van der Waals surface area contributed by atoms with E-state index in [1.165, 1.54) is 29.8 Å². The summed E-state index contributed by atoms with van der Waals surface area (Å²) in [5, 5.41) is 8.79. The van der Waals surface area contributed by atoms with E-state index in [9.17, 15) is 18.0 Å². The van der Waals surface area contributed by atoms with E-state index in [0.29, 0.717) is 5.52 Å². The first kappa shape index (κ1) is 12.4. The number of carboxylic acids is 1. The van der Waals surface area contributed by atoms with E-state index < -0.39 is 18.6 Å². The maximum Gasteiger partial charge on any atom is 0.396 e. The van der Waals surface area contributed by atoms with Gasteiger partial charge >= 0.3 is 12.1 Å². The number of carboxylic acid groups (broad SMARTS) is 1. The number of imidazole rings is 1. The molecule has 2 rings (SSSR count). The van der Waals surface area contributed by atoms with E-state index in [-0.39, 0.29) is 16.9 Å². The Morgan fingerprint density at radius 3 is 2.67 bits per heavy atom. The minimum Gasteiger partial charge on any atom is -0.478 e. The standard InChI is InChI=1S/C11H9F3N2O2/c1-16-8-3-2-6(10(17)18)4-7(8)15-9(16)5-11(12,13)14/h2-4H,5H2,1H3,(H,17,18). The molecule has 0 aliphatic carbocycles. The summed E-state index contributed by atoms with van der Waals surface area (Å²) in [6.07, 6.45) is -5.48. The highest BCUT2D eigenvalue weighted by Gasteiger charge is 2.30. The Labute approximate surface area is 99.7 Å². The zero-order valence-electron chi connectivity index (χ0n) is 9.32. The van der Waals surface area contributed by atoms with Crippen molar-refractivity contribution < 1.29 is 23.1 Å². The molecule has 1 N–H and O–H groups in total. The van der Waals surface area contributed by atoms with Gasteiger partial charge in [0.1, 0.15) is 12.2 Å². The predicted octanol–water partition coefficient (Wildman–Crippen LogP) is 2.38. The van der Waals surface area contributed by atoms with Crippen LogP contribution in [0.25, 0.3) is 11.0 Å². The Morgan fingerprint density at radius 2 is 2.11 bits per heavy atom. The summed E-state index contributed by atoms with van der Waals surface area (Å²) in [6.45, 7) is 0. The molecule has 0 atom stereocenters. The van der Waals surface area contributed by atoms with Gasteiger partial charge in [-0.25, -0.2) is 9.78 Å². The Kier molecular flexibility index (Phi) is 2.76. The van der Waals surface area contributed by atoms with Crippen molar-refractivity contribution in [3.63, 3.8) is 0 Å². The third kappa shape index (κ3) is 2.29. The Bertz CT molecular complexity index is 617. The lowest BCUT2D eigenvalue weighted by atomic mass is 10.2. The Hall–Kier alpha value is -2.05. The van der Waals surface area contributed by atoms with E-state index >= 15 is 0 Å². The molecule has 1 heterocycles. The summed E-state index contributed by atoms with van der Waals surface area (Å²) >= 11 is 0. The minimum absolute atomic E-state index is 0.000779. The lowest BCUT2D eigenvalue weighted by Gasteiger charge is -2.05. The number of carbonyl (C=O) groups is 1. The van der Waals surface area contributed by atoms with Crippen molar-refractivity contribution in [2.45, 2.75) is 12.6 Å². The fourth-order valence-corrected chi connectivity index (χ4v) is 1.72. The van der Waals surface area contributed by atoms with Crippen LogP contribution >= 0.6 is 0 Å². The highest BCUT2D eigenvalue weighted by atomic mass is 19.4. The molecule has 2 aromatic rings. The molecule has 0 fully saturated rings. The first-order valence-electron chi connectivity index (χ1n) is 5.03. The van der Waals surface area contributed by atoms with Crippen molar-refractivity contribution in [1.82, 2.24) is 9.55 Å². The highest BCUT2D eigenvalue weighted by molar-refractivity contribution is 5.92. The number of aromatic carboxylic acids is 1. The molecule has 0 aliphatic heterocycles. The van der Waals surface area contributed by atoms with Crippen LogP contribution in [-0.2, 0) is 13.5 Å². The monoisotopic (exact) mass is 258 g/mol. The average molecular weight is 258 g/mol. The van der Waals surface area contributed by atoms with Crippen LogP contribution in [0, 0.1) is 0 Å². The van der Waals surface area contributed by atoms with Gasteiger partial charge in [-0.05, 0) is 18.2 Å². The van der Waals surface area contributed by atoms with Crippen molar-refractivity contribution >= 4 is 17.0 Å². The SMILES string of the molecule is Cn1c(CC(F)(F)F)nc2cc(C(=O)O)ccc21. The van der Waals surface area contributed by atoms with Crippen LogP contribution in [0.15, 0.2) is 18.2 Å². The third-order valence-corrected chi connectivity index (χ3v) is 2.58. The second-order valence-corrected chi connectivity index (χ2v) is 3.89. The number of nitrogens with zero attached hydrogens (tertiary/aromatic N) is 2. The van der Waals surface area contributed by atoms with Gasteiger partial charge in [0, 0.05) is 7.05 Å². The van der Waals surface area contributed by atoms with Gasteiger partial charge < -0.3 is 9.67 Å². The topological polar surface area (TPSA) is 55.1 Å². The summed E-state index contributed by atoms with van der Waals surface area (Å²) in [5.74, 6) is -1.28. The lowest BCUT2D eigenvalue weighted by Crippen LogP contribution is -2.15. The predicted molar refractivity (Wildman–Crippen MR) is 57.4 cm³/mol. The minimum atomic E-state index is -4.34. The van der Waals surface area contributed by atoms with Crippen molar-refractivity contribution in [2.24, 2.45) is 7.05 Å². The van der Waals surface area contributed by atoms with Crippen LogP contribution in [0.1, 0.15) is 16.2 Å².